The molecule has 0 fully saturated rings. The number of nitrogens with zero attached hydrogens (tertiary/aromatic N) is 2. The number of unbranched alkanes of at least 4 members (excludes halogenated alkanes) is 7. The van der Waals surface area contributed by atoms with Crippen molar-refractivity contribution in [3.63, 3.8) is 0 Å². The van der Waals surface area contributed by atoms with Gasteiger partial charge in [-0.1, -0.05) is 78.6 Å². The number of hydrogen-bond donors (Lipinski definition) is 1. The first kappa shape index (κ1) is 17.2. The molecular weight excluding hydrogens is 246 g/mol. The number of nitrogens with one attached hydrogen (secondary N) is 1. The van der Waals surface area contributed by atoms with Crippen molar-refractivity contribution < 1.29 is 0 Å². The summed E-state index contributed by atoms with van der Waals surface area (Å²) in [4.78, 5) is 0. The molecule has 1 unspecified atom stereocenters. The standard InChI is InChI=1S/C17H33N3/c1-4-6-8-10-12-14-17(3,13-11-9-7-5-2)16-15-18-20-19-16/h15H,4-14H2,1-3H3,(H,18,19,20). The number of hydrogen-bond acceptors (Lipinski definition) is 2. The van der Waals surface area contributed by atoms with Crippen LogP contribution >= 0.6 is 0 Å². The Morgan fingerprint density at radius 1 is 0.900 bits per heavy atom. The molecule has 0 aliphatic heterocycles. The maximum atomic E-state index is 4.37. The van der Waals surface area contributed by atoms with Crippen molar-refractivity contribution in [1.82, 2.24) is 15.4 Å². The molecule has 1 aromatic rings. The van der Waals surface area contributed by atoms with Crippen molar-refractivity contribution in [3.8, 4) is 0 Å². The third-order valence-corrected chi connectivity index (χ3v) is 4.45. The molecule has 3 nitrogen and oxygen atoms in total. The lowest BCUT2D eigenvalue weighted by Crippen LogP contribution is -2.22. The third kappa shape index (κ3) is 6.06. The number of aromatic amines is 1. The molecule has 1 atom stereocenters. The highest BCUT2D eigenvalue weighted by Gasteiger charge is 2.28. The Bertz CT molecular complexity index is 321. The lowest BCUT2D eigenvalue weighted by Gasteiger charge is -2.27. The molecule has 1 N–H and O–H groups in total. The number of H-pyrrole nitrogens is 1. The van der Waals surface area contributed by atoms with Crippen molar-refractivity contribution in [2.45, 2.75) is 96.8 Å². The Labute approximate surface area is 124 Å². The van der Waals surface area contributed by atoms with Crippen LogP contribution in [-0.2, 0) is 5.41 Å². The highest BCUT2D eigenvalue weighted by atomic mass is 15.3. The van der Waals surface area contributed by atoms with Gasteiger partial charge in [-0.05, 0) is 12.8 Å². The predicted octanol–water partition coefficient (Wildman–Crippen LogP) is 5.39. The van der Waals surface area contributed by atoms with Gasteiger partial charge in [-0.15, -0.1) is 0 Å². The fraction of sp³-hybridized carbons (Fsp3) is 0.882. The Balaban J connectivity index is 2.43. The molecule has 1 aromatic heterocycles. The van der Waals surface area contributed by atoms with E-state index in [1.807, 2.05) is 6.20 Å². The number of rotatable bonds is 12. The normalized spacial score (nSPS) is 14.3. The van der Waals surface area contributed by atoms with E-state index in [0.717, 1.165) is 5.69 Å². The van der Waals surface area contributed by atoms with E-state index in [1.165, 1.54) is 70.6 Å². The first-order chi connectivity index (χ1) is 9.73. The minimum atomic E-state index is 0.215. The van der Waals surface area contributed by atoms with E-state index in [0.29, 0.717) is 0 Å². The van der Waals surface area contributed by atoms with Crippen LogP contribution in [-0.4, -0.2) is 15.4 Å². The van der Waals surface area contributed by atoms with Gasteiger partial charge < -0.3 is 0 Å². The Kier molecular flexibility index (Phi) is 8.56. The van der Waals surface area contributed by atoms with Gasteiger partial charge in [-0.2, -0.15) is 15.4 Å². The van der Waals surface area contributed by atoms with E-state index in [2.05, 4.69) is 36.2 Å². The van der Waals surface area contributed by atoms with Crippen LogP contribution in [0.4, 0.5) is 0 Å². The molecule has 0 saturated carbocycles. The molecule has 1 heterocycles. The summed E-state index contributed by atoms with van der Waals surface area (Å²) in [6.07, 6.45) is 16.5. The molecule has 0 saturated heterocycles. The fourth-order valence-corrected chi connectivity index (χ4v) is 2.93. The second-order valence-electron chi connectivity index (χ2n) is 6.39. The molecule has 0 aromatic carbocycles. The largest absolute Gasteiger partial charge is 0.198 e. The Morgan fingerprint density at radius 2 is 1.45 bits per heavy atom. The van der Waals surface area contributed by atoms with E-state index in [9.17, 15) is 0 Å². The van der Waals surface area contributed by atoms with Gasteiger partial charge in [0.25, 0.3) is 0 Å². The maximum absolute atomic E-state index is 4.37. The minimum Gasteiger partial charge on any atom is -0.198 e. The lowest BCUT2D eigenvalue weighted by molar-refractivity contribution is 0.354. The SMILES string of the molecule is CCCCCCCC(C)(CCCCCC)c1cn[nH]n1. The monoisotopic (exact) mass is 279 g/mol. The van der Waals surface area contributed by atoms with Gasteiger partial charge in [0.2, 0.25) is 0 Å². The van der Waals surface area contributed by atoms with Crippen LogP contribution in [0.15, 0.2) is 6.20 Å². The van der Waals surface area contributed by atoms with Crippen LogP contribution < -0.4 is 0 Å². The average Bonchev–Trinajstić information content (AvgIpc) is 2.98. The van der Waals surface area contributed by atoms with Crippen molar-refractivity contribution in [3.05, 3.63) is 11.9 Å². The van der Waals surface area contributed by atoms with Crippen LogP contribution in [0.25, 0.3) is 0 Å². The second-order valence-corrected chi connectivity index (χ2v) is 6.39. The summed E-state index contributed by atoms with van der Waals surface area (Å²) >= 11 is 0. The van der Waals surface area contributed by atoms with Gasteiger partial charge in [-0.25, -0.2) is 0 Å². The molecule has 3 heteroatoms. The minimum absolute atomic E-state index is 0.215. The lowest BCUT2D eigenvalue weighted by atomic mass is 9.77. The molecule has 20 heavy (non-hydrogen) atoms. The summed E-state index contributed by atoms with van der Waals surface area (Å²) in [7, 11) is 0. The quantitative estimate of drug-likeness (QED) is 0.521. The summed E-state index contributed by atoms with van der Waals surface area (Å²) in [6, 6.07) is 0. The molecule has 0 spiro atoms. The van der Waals surface area contributed by atoms with Crippen molar-refractivity contribution in [2.75, 3.05) is 0 Å². The number of aromatic nitrogens is 3. The molecule has 116 valence electrons. The van der Waals surface area contributed by atoms with Crippen molar-refractivity contribution >= 4 is 0 Å². The molecule has 0 aliphatic rings. The topological polar surface area (TPSA) is 41.6 Å². The van der Waals surface area contributed by atoms with Gasteiger partial charge in [0.1, 0.15) is 0 Å². The van der Waals surface area contributed by atoms with Gasteiger partial charge in [0.15, 0.2) is 0 Å². The summed E-state index contributed by atoms with van der Waals surface area (Å²) in [5, 5.41) is 11.2. The molecular formula is C17H33N3. The van der Waals surface area contributed by atoms with Gasteiger partial charge in [-0.3, -0.25) is 0 Å². The predicted molar refractivity (Wildman–Crippen MR) is 85.9 cm³/mol. The zero-order valence-corrected chi connectivity index (χ0v) is 13.7. The summed E-state index contributed by atoms with van der Waals surface area (Å²) in [5.74, 6) is 0. The first-order valence-electron chi connectivity index (χ1n) is 8.59. The molecule has 0 radical (unpaired) electrons. The second kappa shape index (κ2) is 9.95. The first-order valence-corrected chi connectivity index (χ1v) is 8.59. The Hall–Kier alpha value is -0.860. The van der Waals surface area contributed by atoms with E-state index in [-0.39, 0.29) is 5.41 Å². The van der Waals surface area contributed by atoms with Crippen molar-refractivity contribution in [1.29, 1.82) is 0 Å². The Morgan fingerprint density at radius 3 is 1.95 bits per heavy atom. The average molecular weight is 279 g/mol. The van der Waals surface area contributed by atoms with E-state index >= 15 is 0 Å². The maximum Gasteiger partial charge on any atom is 0.0883 e. The smallest absolute Gasteiger partial charge is 0.0883 e. The highest BCUT2D eigenvalue weighted by molar-refractivity contribution is 5.09. The molecule has 0 amide bonds. The molecule has 0 bridgehead atoms. The molecule has 0 aliphatic carbocycles. The van der Waals surface area contributed by atoms with Gasteiger partial charge in [0, 0.05) is 5.41 Å². The van der Waals surface area contributed by atoms with Crippen LogP contribution in [0.1, 0.15) is 97.1 Å². The highest BCUT2D eigenvalue weighted by Crippen LogP contribution is 2.33. The van der Waals surface area contributed by atoms with Crippen LogP contribution in [0.3, 0.4) is 0 Å². The van der Waals surface area contributed by atoms with Crippen LogP contribution in [0.2, 0.25) is 0 Å². The summed E-state index contributed by atoms with van der Waals surface area (Å²) in [6.45, 7) is 6.91. The van der Waals surface area contributed by atoms with Gasteiger partial charge in [0.05, 0.1) is 11.9 Å². The fourth-order valence-electron chi connectivity index (χ4n) is 2.93. The zero-order chi connectivity index (χ0) is 14.7. The van der Waals surface area contributed by atoms with Crippen LogP contribution in [0, 0.1) is 0 Å². The van der Waals surface area contributed by atoms with Crippen molar-refractivity contribution in [2.24, 2.45) is 0 Å². The zero-order valence-electron chi connectivity index (χ0n) is 13.7. The van der Waals surface area contributed by atoms with E-state index in [4.69, 9.17) is 0 Å². The van der Waals surface area contributed by atoms with E-state index < -0.39 is 0 Å². The third-order valence-electron chi connectivity index (χ3n) is 4.45. The van der Waals surface area contributed by atoms with E-state index in [1.54, 1.807) is 0 Å². The summed E-state index contributed by atoms with van der Waals surface area (Å²) in [5.41, 5.74) is 1.37. The molecule has 1 rings (SSSR count). The van der Waals surface area contributed by atoms with Gasteiger partial charge >= 0.3 is 0 Å². The van der Waals surface area contributed by atoms with Crippen LogP contribution in [0.5, 0.6) is 0 Å². The summed E-state index contributed by atoms with van der Waals surface area (Å²) < 4.78 is 0.